The summed E-state index contributed by atoms with van der Waals surface area (Å²) in [5, 5.41) is 20.0. The standard InChI is InChI=1S/C22H17N3O6/c26-21(27)12-24(20-10-9-14(11-23-20)25(29)30)22(28)31-13-19-17-7-3-1-5-15(17)16-6-2-4-8-18(16)19/h1-11,19H,12-13H2,(H,26,27). The van der Waals surface area contributed by atoms with E-state index in [1.165, 1.54) is 6.07 Å². The van der Waals surface area contributed by atoms with Crippen LogP contribution in [-0.4, -0.2) is 40.2 Å². The monoisotopic (exact) mass is 419 g/mol. The quantitative estimate of drug-likeness (QED) is 0.476. The minimum atomic E-state index is -1.27. The summed E-state index contributed by atoms with van der Waals surface area (Å²) < 4.78 is 5.48. The van der Waals surface area contributed by atoms with Crippen LogP contribution in [-0.2, 0) is 9.53 Å². The van der Waals surface area contributed by atoms with Gasteiger partial charge in [0.05, 0.1) is 4.92 Å². The summed E-state index contributed by atoms with van der Waals surface area (Å²) in [4.78, 5) is 38.9. The van der Waals surface area contributed by atoms with E-state index in [4.69, 9.17) is 4.74 Å². The van der Waals surface area contributed by atoms with E-state index in [1.54, 1.807) is 0 Å². The van der Waals surface area contributed by atoms with Gasteiger partial charge in [-0.3, -0.25) is 19.8 Å². The highest BCUT2D eigenvalue weighted by atomic mass is 16.6. The van der Waals surface area contributed by atoms with Crippen LogP contribution in [0.5, 0.6) is 0 Å². The van der Waals surface area contributed by atoms with Crippen LogP contribution >= 0.6 is 0 Å². The number of nitrogens with zero attached hydrogens (tertiary/aromatic N) is 3. The van der Waals surface area contributed by atoms with Gasteiger partial charge < -0.3 is 9.84 Å². The van der Waals surface area contributed by atoms with Gasteiger partial charge >= 0.3 is 12.1 Å². The van der Waals surface area contributed by atoms with Crippen LogP contribution < -0.4 is 4.90 Å². The number of anilines is 1. The number of hydrogen-bond donors (Lipinski definition) is 1. The number of aromatic nitrogens is 1. The molecule has 1 amide bonds. The van der Waals surface area contributed by atoms with Crippen molar-refractivity contribution < 1.29 is 24.4 Å². The molecule has 1 heterocycles. The molecule has 0 aliphatic heterocycles. The van der Waals surface area contributed by atoms with Gasteiger partial charge in [0.2, 0.25) is 0 Å². The molecule has 0 unspecified atom stereocenters. The smallest absolute Gasteiger partial charge is 0.416 e. The van der Waals surface area contributed by atoms with Gasteiger partial charge in [0, 0.05) is 12.0 Å². The molecule has 1 aliphatic carbocycles. The highest BCUT2D eigenvalue weighted by Crippen LogP contribution is 2.44. The number of pyridine rings is 1. The third-order valence-electron chi connectivity index (χ3n) is 5.07. The Hall–Kier alpha value is -4.27. The average molecular weight is 419 g/mol. The number of carbonyl (C=O) groups excluding carboxylic acids is 1. The molecule has 9 heteroatoms. The number of carboxylic acid groups (broad SMARTS) is 1. The molecule has 1 N–H and O–H groups in total. The normalized spacial score (nSPS) is 12.0. The molecule has 2 aromatic carbocycles. The molecule has 0 fully saturated rings. The SMILES string of the molecule is O=C(O)CN(C(=O)OCC1c2ccccc2-c2ccccc21)c1ccc([N+](=O)[O-])cn1. The molecule has 31 heavy (non-hydrogen) atoms. The number of rotatable bonds is 6. The zero-order valence-electron chi connectivity index (χ0n) is 16.2. The summed E-state index contributed by atoms with van der Waals surface area (Å²) in [5.41, 5.74) is 3.91. The number of aliphatic carboxylic acids is 1. The fourth-order valence-corrected chi connectivity index (χ4v) is 3.69. The van der Waals surface area contributed by atoms with Crippen molar-refractivity contribution in [3.05, 3.63) is 88.1 Å². The highest BCUT2D eigenvalue weighted by molar-refractivity contribution is 5.92. The summed E-state index contributed by atoms with van der Waals surface area (Å²) in [6.45, 7) is -0.683. The van der Waals surface area contributed by atoms with E-state index in [2.05, 4.69) is 4.98 Å². The number of carboxylic acids is 1. The minimum Gasteiger partial charge on any atom is -0.480 e. The van der Waals surface area contributed by atoms with Gasteiger partial charge in [-0.25, -0.2) is 9.78 Å². The van der Waals surface area contributed by atoms with E-state index in [9.17, 15) is 24.8 Å². The molecule has 0 spiro atoms. The molecule has 1 aliphatic rings. The predicted molar refractivity (Wildman–Crippen MR) is 111 cm³/mol. The Labute approximate surface area is 176 Å². The first-order valence-corrected chi connectivity index (χ1v) is 9.40. The van der Waals surface area contributed by atoms with Crippen LogP contribution in [0.1, 0.15) is 17.0 Å². The van der Waals surface area contributed by atoms with Crippen molar-refractivity contribution in [2.45, 2.75) is 5.92 Å². The second kappa shape index (κ2) is 8.23. The van der Waals surface area contributed by atoms with E-state index < -0.39 is 23.5 Å². The maximum absolute atomic E-state index is 12.7. The Kier molecular flexibility index (Phi) is 5.31. The summed E-state index contributed by atoms with van der Waals surface area (Å²) in [5.74, 6) is -1.51. The Morgan fingerprint density at radius 1 is 1.03 bits per heavy atom. The van der Waals surface area contributed by atoms with Crippen molar-refractivity contribution in [1.82, 2.24) is 4.98 Å². The molecule has 1 aromatic heterocycles. The molecule has 0 saturated carbocycles. The van der Waals surface area contributed by atoms with Gasteiger partial charge in [-0.15, -0.1) is 0 Å². The minimum absolute atomic E-state index is 0.00988. The second-order valence-corrected chi connectivity index (χ2v) is 6.92. The van der Waals surface area contributed by atoms with Crippen molar-refractivity contribution in [1.29, 1.82) is 0 Å². The fraction of sp³-hybridized carbons (Fsp3) is 0.136. The molecule has 3 aromatic rings. The topological polar surface area (TPSA) is 123 Å². The maximum Gasteiger partial charge on any atom is 0.416 e. The number of ether oxygens (including phenoxy) is 1. The fourth-order valence-electron chi connectivity index (χ4n) is 3.69. The zero-order chi connectivity index (χ0) is 22.0. The number of benzene rings is 2. The molecular formula is C22H17N3O6. The van der Waals surface area contributed by atoms with Crippen LogP contribution in [0.2, 0.25) is 0 Å². The van der Waals surface area contributed by atoms with E-state index in [0.29, 0.717) is 0 Å². The first-order valence-electron chi connectivity index (χ1n) is 9.40. The van der Waals surface area contributed by atoms with Gasteiger partial charge in [-0.05, 0) is 28.3 Å². The summed E-state index contributed by atoms with van der Waals surface area (Å²) in [6.07, 6.45) is 0.0617. The lowest BCUT2D eigenvalue weighted by Crippen LogP contribution is -2.37. The second-order valence-electron chi connectivity index (χ2n) is 6.92. The van der Waals surface area contributed by atoms with Gasteiger partial charge in [-0.2, -0.15) is 0 Å². The molecule has 4 rings (SSSR count). The first kappa shape index (κ1) is 20.0. The maximum atomic E-state index is 12.7. The van der Waals surface area contributed by atoms with Crippen molar-refractivity contribution in [2.24, 2.45) is 0 Å². The van der Waals surface area contributed by atoms with E-state index in [0.717, 1.165) is 39.4 Å². The Morgan fingerprint density at radius 2 is 1.65 bits per heavy atom. The van der Waals surface area contributed by atoms with Gasteiger partial charge in [0.15, 0.2) is 0 Å². The van der Waals surface area contributed by atoms with E-state index in [-0.39, 0.29) is 24.0 Å². The molecule has 156 valence electrons. The van der Waals surface area contributed by atoms with Gasteiger partial charge in [0.1, 0.15) is 25.2 Å². The van der Waals surface area contributed by atoms with Crippen molar-refractivity contribution >= 4 is 23.6 Å². The van der Waals surface area contributed by atoms with Crippen LogP contribution in [0.15, 0.2) is 66.9 Å². The van der Waals surface area contributed by atoms with Gasteiger partial charge in [-0.1, -0.05) is 48.5 Å². The molecule has 0 saturated heterocycles. The number of nitro groups is 1. The van der Waals surface area contributed by atoms with Crippen molar-refractivity contribution in [3.63, 3.8) is 0 Å². The average Bonchev–Trinajstić information content (AvgIpc) is 3.09. The van der Waals surface area contributed by atoms with Crippen molar-refractivity contribution in [2.75, 3.05) is 18.1 Å². The molecule has 0 bridgehead atoms. The Morgan fingerprint density at radius 3 is 2.16 bits per heavy atom. The van der Waals surface area contributed by atoms with Crippen LogP contribution in [0, 0.1) is 10.1 Å². The Balaban J connectivity index is 1.56. The molecular weight excluding hydrogens is 402 g/mol. The third-order valence-corrected chi connectivity index (χ3v) is 5.07. The Bertz CT molecular complexity index is 1120. The largest absolute Gasteiger partial charge is 0.480 e. The lowest BCUT2D eigenvalue weighted by atomic mass is 9.98. The van der Waals surface area contributed by atoms with Gasteiger partial charge in [0.25, 0.3) is 5.69 Å². The predicted octanol–water partition coefficient (Wildman–Crippen LogP) is 3.83. The molecule has 0 atom stereocenters. The van der Waals surface area contributed by atoms with E-state index >= 15 is 0 Å². The van der Waals surface area contributed by atoms with Crippen LogP contribution in [0.25, 0.3) is 11.1 Å². The summed E-state index contributed by atoms with van der Waals surface area (Å²) >= 11 is 0. The third kappa shape index (κ3) is 3.93. The number of amides is 1. The number of carbonyl (C=O) groups is 2. The van der Waals surface area contributed by atoms with Crippen molar-refractivity contribution in [3.8, 4) is 11.1 Å². The zero-order valence-corrected chi connectivity index (χ0v) is 16.2. The number of hydrogen-bond acceptors (Lipinski definition) is 6. The lowest BCUT2D eigenvalue weighted by molar-refractivity contribution is -0.385. The molecule has 9 nitrogen and oxygen atoms in total. The number of fused-ring (bicyclic) bond motifs is 3. The molecule has 0 radical (unpaired) electrons. The highest BCUT2D eigenvalue weighted by Gasteiger charge is 2.30. The first-order chi connectivity index (χ1) is 15.0. The van der Waals surface area contributed by atoms with Crippen LogP contribution in [0.4, 0.5) is 16.3 Å². The van der Waals surface area contributed by atoms with Crippen LogP contribution in [0.3, 0.4) is 0 Å². The summed E-state index contributed by atoms with van der Waals surface area (Å²) in [7, 11) is 0. The lowest BCUT2D eigenvalue weighted by Gasteiger charge is -2.21. The van der Waals surface area contributed by atoms with E-state index in [1.807, 2.05) is 48.5 Å². The summed E-state index contributed by atoms with van der Waals surface area (Å²) in [6, 6.07) is 18.0.